The van der Waals surface area contributed by atoms with Crippen LogP contribution in [0.1, 0.15) is 11.1 Å². The van der Waals surface area contributed by atoms with E-state index in [0.717, 1.165) is 17.7 Å². The van der Waals surface area contributed by atoms with Crippen LogP contribution >= 0.6 is 23.4 Å². The lowest BCUT2D eigenvalue weighted by Gasteiger charge is -2.08. The monoisotopic (exact) mass is 384 g/mol. The van der Waals surface area contributed by atoms with E-state index >= 15 is 0 Å². The number of nitrogens with one attached hydrogen (secondary N) is 1. The van der Waals surface area contributed by atoms with Crippen molar-refractivity contribution in [3.63, 3.8) is 0 Å². The molecule has 2 aromatic rings. The van der Waals surface area contributed by atoms with E-state index in [1.165, 1.54) is 17.8 Å². The Kier molecular flexibility index (Phi) is 6.63. The molecule has 0 saturated heterocycles. The van der Waals surface area contributed by atoms with E-state index in [1.807, 2.05) is 12.1 Å². The highest BCUT2D eigenvalue weighted by Crippen LogP contribution is 2.19. The van der Waals surface area contributed by atoms with Crippen molar-refractivity contribution in [2.45, 2.75) is 10.6 Å². The molecule has 0 heterocycles. The molecule has 0 aliphatic heterocycles. The van der Waals surface area contributed by atoms with Gasteiger partial charge in [-0.25, -0.2) is 17.5 Å². The minimum absolute atomic E-state index is 0.137. The SMILES string of the molecule is N#Cc1ccccc1CSCCNS(=O)(=O)c1ccc(Cl)cc1F. The molecule has 126 valence electrons. The van der Waals surface area contributed by atoms with Crippen molar-refractivity contribution >= 4 is 33.4 Å². The number of hydrogen-bond acceptors (Lipinski definition) is 4. The summed E-state index contributed by atoms with van der Waals surface area (Å²) in [6.07, 6.45) is 0. The maximum atomic E-state index is 13.7. The number of sulfonamides is 1. The molecular formula is C16H14ClFN2O2S2. The molecule has 0 spiro atoms. The van der Waals surface area contributed by atoms with Crippen LogP contribution in [-0.2, 0) is 15.8 Å². The smallest absolute Gasteiger partial charge is 0.210 e. The minimum Gasteiger partial charge on any atom is -0.210 e. The summed E-state index contributed by atoms with van der Waals surface area (Å²) in [5, 5.41) is 9.14. The molecule has 0 aliphatic carbocycles. The highest BCUT2D eigenvalue weighted by atomic mass is 35.5. The van der Waals surface area contributed by atoms with Crippen LogP contribution in [0.25, 0.3) is 0 Å². The predicted octanol–water partition coefficient (Wildman–Crippen LogP) is 3.56. The van der Waals surface area contributed by atoms with Crippen molar-refractivity contribution in [3.8, 4) is 6.07 Å². The second-order valence-electron chi connectivity index (χ2n) is 4.79. The van der Waals surface area contributed by atoms with Gasteiger partial charge in [-0.05, 0) is 29.8 Å². The number of nitrogens with zero attached hydrogens (tertiary/aromatic N) is 1. The van der Waals surface area contributed by atoms with Gasteiger partial charge in [0.25, 0.3) is 0 Å². The summed E-state index contributed by atoms with van der Waals surface area (Å²) in [5.41, 5.74) is 1.51. The number of hydrogen-bond donors (Lipinski definition) is 1. The van der Waals surface area contributed by atoms with Crippen LogP contribution in [0.2, 0.25) is 5.02 Å². The summed E-state index contributed by atoms with van der Waals surface area (Å²) >= 11 is 7.10. The number of benzene rings is 2. The number of halogens is 2. The Labute approximate surface area is 149 Å². The second kappa shape index (κ2) is 8.49. The molecule has 0 aliphatic rings. The standard InChI is InChI=1S/C16H14ClFN2O2S2/c17-14-5-6-16(15(18)9-14)24(21,22)20-7-8-23-11-13-4-2-1-3-12(13)10-19/h1-6,9,20H,7-8,11H2. The van der Waals surface area contributed by atoms with E-state index in [0.29, 0.717) is 17.1 Å². The normalized spacial score (nSPS) is 11.2. The molecule has 24 heavy (non-hydrogen) atoms. The van der Waals surface area contributed by atoms with Gasteiger partial charge in [-0.2, -0.15) is 17.0 Å². The average Bonchev–Trinajstić information content (AvgIpc) is 2.54. The molecular weight excluding hydrogens is 371 g/mol. The van der Waals surface area contributed by atoms with Gasteiger partial charge < -0.3 is 0 Å². The molecule has 0 saturated carbocycles. The Bertz CT molecular complexity index is 867. The summed E-state index contributed by atoms with van der Waals surface area (Å²) in [6.45, 7) is 0.157. The molecule has 0 fully saturated rings. The summed E-state index contributed by atoms with van der Waals surface area (Å²) < 4.78 is 40.1. The molecule has 4 nitrogen and oxygen atoms in total. The van der Waals surface area contributed by atoms with E-state index in [9.17, 15) is 12.8 Å². The predicted molar refractivity (Wildman–Crippen MR) is 93.9 cm³/mol. The zero-order chi connectivity index (χ0) is 17.6. The zero-order valence-electron chi connectivity index (χ0n) is 12.5. The molecule has 0 unspecified atom stereocenters. The highest BCUT2D eigenvalue weighted by Gasteiger charge is 2.18. The lowest BCUT2D eigenvalue weighted by atomic mass is 10.1. The van der Waals surface area contributed by atoms with Crippen LogP contribution in [0.3, 0.4) is 0 Å². The largest absolute Gasteiger partial charge is 0.243 e. The molecule has 0 atom stereocenters. The number of thioether (sulfide) groups is 1. The third-order valence-electron chi connectivity index (χ3n) is 3.12. The van der Waals surface area contributed by atoms with Crippen LogP contribution < -0.4 is 4.72 Å². The van der Waals surface area contributed by atoms with Crippen LogP contribution in [0.5, 0.6) is 0 Å². The van der Waals surface area contributed by atoms with E-state index in [-0.39, 0.29) is 11.6 Å². The van der Waals surface area contributed by atoms with Crippen molar-refractivity contribution < 1.29 is 12.8 Å². The Balaban J connectivity index is 1.86. The fourth-order valence-corrected chi connectivity index (χ4v) is 4.20. The third-order valence-corrected chi connectivity index (χ3v) is 5.85. The molecule has 0 amide bonds. The zero-order valence-corrected chi connectivity index (χ0v) is 14.9. The fraction of sp³-hybridized carbons (Fsp3) is 0.188. The molecule has 0 aromatic heterocycles. The first-order valence-electron chi connectivity index (χ1n) is 6.94. The summed E-state index contributed by atoms with van der Waals surface area (Å²) in [4.78, 5) is -0.424. The van der Waals surface area contributed by atoms with Crippen molar-refractivity contribution in [2.75, 3.05) is 12.3 Å². The van der Waals surface area contributed by atoms with Gasteiger partial charge in [0.15, 0.2) is 0 Å². The Morgan fingerprint density at radius 3 is 2.71 bits per heavy atom. The maximum absolute atomic E-state index is 13.7. The number of nitriles is 1. The average molecular weight is 385 g/mol. The lowest BCUT2D eigenvalue weighted by molar-refractivity contribution is 0.559. The Hall–Kier alpha value is -1.59. The van der Waals surface area contributed by atoms with Gasteiger partial charge in [-0.1, -0.05) is 29.8 Å². The molecule has 0 bridgehead atoms. The molecule has 2 rings (SSSR count). The second-order valence-corrected chi connectivity index (χ2v) is 8.07. The maximum Gasteiger partial charge on any atom is 0.243 e. The van der Waals surface area contributed by atoms with E-state index in [1.54, 1.807) is 12.1 Å². The van der Waals surface area contributed by atoms with Crippen molar-refractivity contribution in [1.82, 2.24) is 4.72 Å². The highest BCUT2D eigenvalue weighted by molar-refractivity contribution is 7.98. The van der Waals surface area contributed by atoms with Gasteiger partial charge in [0.2, 0.25) is 10.0 Å². The van der Waals surface area contributed by atoms with Gasteiger partial charge >= 0.3 is 0 Å². The van der Waals surface area contributed by atoms with E-state index in [2.05, 4.69) is 10.8 Å². The molecule has 8 heteroatoms. The van der Waals surface area contributed by atoms with Crippen molar-refractivity contribution in [3.05, 3.63) is 64.4 Å². The first-order chi connectivity index (χ1) is 11.4. The van der Waals surface area contributed by atoms with Crippen LogP contribution in [-0.4, -0.2) is 20.7 Å². The Morgan fingerprint density at radius 2 is 2.00 bits per heavy atom. The molecule has 1 N–H and O–H groups in total. The molecule has 2 aromatic carbocycles. The van der Waals surface area contributed by atoms with E-state index < -0.39 is 20.7 Å². The van der Waals surface area contributed by atoms with Gasteiger partial charge in [0, 0.05) is 23.1 Å². The quantitative estimate of drug-likeness (QED) is 0.741. The van der Waals surface area contributed by atoms with Gasteiger partial charge in [-0.15, -0.1) is 0 Å². The first kappa shape index (κ1) is 18.7. The topological polar surface area (TPSA) is 70.0 Å². The van der Waals surface area contributed by atoms with Crippen molar-refractivity contribution in [1.29, 1.82) is 5.26 Å². The van der Waals surface area contributed by atoms with Crippen LogP contribution in [0.4, 0.5) is 4.39 Å². The lowest BCUT2D eigenvalue weighted by Crippen LogP contribution is -2.26. The summed E-state index contributed by atoms with van der Waals surface area (Å²) in [6, 6.07) is 12.8. The van der Waals surface area contributed by atoms with E-state index in [4.69, 9.17) is 16.9 Å². The summed E-state index contributed by atoms with van der Waals surface area (Å²) in [7, 11) is -3.91. The van der Waals surface area contributed by atoms with Gasteiger partial charge in [0.1, 0.15) is 10.7 Å². The Morgan fingerprint density at radius 1 is 1.25 bits per heavy atom. The van der Waals surface area contributed by atoms with Gasteiger partial charge in [-0.3, -0.25) is 0 Å². The molecule has 0 radical (unpaired) electrons. The van der Waals surface area contributed by atoms with Crippen molar-refractivity contribution in [2.24, 2.45) is 0 Å². The minimum atomic E-state index is -3.91. The first-order valence-corrected chi connectivity index (χ1v) is 9.96. The summed E-state index contributed by atoms with van der Waals surface area (Å²) in [5.74, 6) is 0.209. The third kappa shape index (κ3) is 4.95. The van der Waals surface area contributed by atoms with Gasteiger partial charge in [0.05, 0.1) is 11.6 Å². The van der Waals surface area contributed by atoms with Crippen LogP contribution in [0, 0.1) is 17.1 Å². The fourth-order valence-electron chi connectivity index (χ4n) is 1.96. The van der Waals surface area contributed by atoms with Crippen LogP contribution in [0.15, 0.2) is 47.4 Å². The number of rotatable bonds is 7.